The fourth-order valence-corrected chi connectivity index (χ4v) is 3.44. The predicted molar refractivity (Wildman–Crippen MR) is 98.2 cm³/mol. The van der Waals surface area contributed by atoms with Gasteiger partial charge in [0, 0.05) is 136 Å². The summed E-state index contributed by atoms with van der Waals surface area (Å²) in [4.78, 5) is 4.92. The second kappa shape index (κ2) is 12.7. The Morgan fingerprint density at radius 3 is 1.96 bits per heavy atom. The van der Waals surface area contributed by atoms with Gasteiger partial charge in [-0.3, -0.25) is 16.7 Å². The van der Waals surface area contributed by atoms with Gasteiger partial charge in [-0.25, -0.2) is 0 Å². The van der Waals surface area contributed by atoms with E-state index in [1.807, 2.05) is 12.1 Å². The van der Waals surface area contributed by atoms with Crippen molar-refractivity contribution in [1.29, 1.82) is 0 Å². The van der Waals surface area contributed by atoms with E-state index in [0.717, 1.165) is 43.9 Å². The number of aryl methyl sites for hydroxylation is 3. The fraction of sp³-hybridized carbons (Fsp3) is 0.400. The minimum atomic E-state index is 0. The van der Waals surface area contributed by atoms with Crippen LogP contribution in [0.5, 0.6) is 0 Å². The van der Waals surface area contributed by atoms with Crippen LogP contribution in [0.1, 0.15) is 23.6 Å². The zero-order chi connectivity index (χ0) is 16.4. The van der Waals surface area contributed by atoms with Gasteiger partial charge in [-0.05, 0) is 24.3 Å². The van der Waals surface area contributed by atoms with Gasteiger partial charge in [-0.1, -0.05) is 27.2 Å². The monoisotopic (exact) mass is 574 g/mol. The third-order valence-corrected chi connectivity index (χ3v) is 4.56. The Hall–Kier alpha value is 1.15. The Kier molecular flexibility index (Phi) is 13.2. The largest absolute Gasteiger partial charge is 0.474 e. The van der Waals surface area contributed by atoms with Crippen molar-refractivity contribution in [3.63, 3.8) is 0 Å². The number of hydrogen-bond acceptors (Lipinski definition) is 3. The van der Waals surface area contributed by atoms with Crippen LogP contribution in [0.3, 0.4) is 0 Å². The molecule has 1 saturated heterocycles. The average molecular weight is 574 g/mol. The van der Waals surface area contributed by atoms with Crippen LogP contribution in [0.25, 0.3) is 0 Å². The maximum absolute atomic E-state index is 5.78. The summed E-state index contributed by atoms with van der Waals surface area (Å²) in [6.07, 6.45) is 1.02. The second-order valence-electron chi connectivity index (χ2n) is 6.25. The summed E-state index contributed by atoms with van der Waals surface area (Å²) in [7, 11) is 0. The first-order chi connectivity index (χ1) is 11.1. The van der Waals surface area contributed by atoms with E-state index in [0.29, 0.717) is 0 Å². The van der Waals surface area contributed by atoms with Gasteiger partial charge in [-0.2, -0.15) is 5.69 Å². The summed E-state index contributed by atoms with van der Waals surface area (Å²) < 4.78 is 0. The standard InChI is InChI=1S/C20H25N3.3Y/c1-4-17-14-15(2)13-16(3)20(17)23-11-9-22(10-12-23)19-7-5-18(21)6-8-19;;;/h5-8H,4,9-12,21H2,1-3H3;;;/q-2;;;. The molecule has 0 aliphatic carbocycles. The number of nitrogen functional groups attached to an aromatic ring is 1. The molecule has 0 unspecified atom stereocenters. The molecule has 2 N–H and O–H groups in total. The molecule has 1 aliphatic heterocycles. The first kappa shape index (κ1) is 27.2. The molecule has 3 radical (unpaired) electrons. The SMILES string of the molecule is CCc1[c-]c(C)[c-]c(C)c1N1CCN(c2ccc(N)cc2)CC1.[Y].[Y].[Y]. The van der Waals surface area contributed by atoms with Crippen molar-refractivity contribution in [2.75, 3.05) is 41.7 Å². The number of hydrogen-bond donors (Lipinski definition) is 1. The molecule has 2 aromatic carbocycles. The quantitative estimate of drug-likeness (QED) is 0.452. The summed E-state index contributed by atoms with van der Waals surface area (Å²) in [6, 6.07) is 15.1. The van der Waals surface area contributed by atoms with E-state index in [1.165, 1.54) is 22.5 Å². The van der Waals surface area contributed by atoms with E-state index in [-0.39, 0.29) is 98.1 Å². The van der Waals surface area contributed by atoms with Crippen molar-refractivity contribution in [2.24, 2.45) is 0 Å². The molecule has 2 aromatic rings. The topological polar surface area (TPSA) is 32.5 Å². The number of benzene rings is 2. The molecule has 3 rings (SSSR count). The van der Waals surface area contributed by atoms with Gasteiger partial charge >= 0.3 is 0 Å². The molecule has 3 nitrogen and oxygen atoms in total. The van der Waals surface area contributed by atoms with Gasteiger partial charge in [-0.15, -0.1) is 0 Å². The average Bonchev–Trinajstić information content (AvgIpc) is 2.55. The maximum Gasteiger partial charge on any atom is 0.0368 e. The summed E-state index contributed by atoms with van der Waals surface area (Å²) in [5.41, 5.74) is 12.9. The Balaban J connectivity index is 0.00000208. The summed E-state index contributed by atoms with van der Waals surface area (Å²) in [5, 5.41) is 0. The van der Waals surface area contributed by atoms with Gasteiger partial charge < -0.3 is 27.7 Å². The van der Waals surface area contributed by atoms with E-state index >= 15 is 0 Å². The van der Waals surface area contributed by atoms with Crippen molar-refractivity contribution < 1.29 is 98.1 Å². The molecule has 0 atom stereocenters. The van der Waals surface area contributed by atoms with Crippen LogP contribution in [-0.4, -0.2) is 26.2 Å². The van der Waals surface area contributed by atoms with Crippen LogP contribution in [0, 0.1) is 26.0 Å². The smallest absolute Gasteiger partial charge is 0.0368 e. The summed E-state index contributed by atoms with van der Waals surface area (Å²) in [5.74, 6) is 0. The molecule has 1 heterocycles. The van der Waals surface area contributed by atoms with Crippen molar-refractivity contribution in [1.82, 2.24) is 0 Å². The number of anilines is 3. The fourth-order valence-electron chi connectivity index (χ4n) is 3.44. The molecule has 0 amide bonds. The van der Waals surface area contributed by atoms with Gasteiger partial charge in [0.15, 0.2) is 0 Å². The molecule has 1 aliphatic rings. The van der Waals surface area contributed by atoms with Crippen LogP contribution in [0.15, 0.2) is 24.3 Å². The van der Waals surface area contributed by atoms with E-state index in [2.05, 4.69) is 54.8 Å². The van der Waals surface area contributed by atoms with Gasteiger partial charge in [0.25, 0.3) is 0 Å². The Morgan fingerprint density at radius 1 is 0.885 bits per heavy atom. The molecule has 131 valence electrons. The molecule has 0 saturated carbocycles. The van der Waals surface area contributed by atoms with Crippen LogP contribution in [0.4, 0.5) is 17.1 Å². The van der Waals surface area contributed by atoms with Crippen LogP contribution >= 0.6 is 0 Å². The number of rotatable bonds is 3. The van der Waals surface area contributed by atoms with Crippen LogP contribution in [-0.2, 0) is 105 Å². The normalized spacial score (nSPS) is 13.3. The van der Waals surface area contributed by atoms with Crippen LogP contribution in [0.2, 0.25) is 0 Å². The molecular formula is C20H25N3Y3-2. The molecule has 0 spiro atoms. The minimum Gasteiger partial charge on any atom is -0.474 e. The molecule has 0 aromatic heterocycles. The Bertz CT molecular complexity index is 681. The first-order valence-electron chi connectivity index (χ1n) is 8.38. The van der Waals surface area contributed by atoms with Gasteiger partial charge in [0.1, 0.15) is 0 Å². The van der Waals surface area contributed by atoms with Crippen molar-refractivity contribution in [3.05, 3.63) is 53.1 Å². The van der Waals surface area contributed by atoms with E-state index < -0.39 is 0 Å². The molecule has 0 bridgehead atoms. The van der Waals surface area contributed by atoms with E-state index in [9.17, 15) is 0 Å². The Morgan fingerprint density at radius 2 is 1.42 bits per heavy atom. The third kappa shape index (κ3) is 6.60. The molecule has 1 fully saturated rings. The Labute approximate surface area is 233 Å². The third-order valence-electron chi connectivity index (χ3n) is 4.56. The maximum atomic E-state index is 5.78. The minimum absolute atomic E-state index is 0. The second-order valence-corrected chi connectivity index (χ2v) is 6.25. The van der Waals surface area contributed by atoms with E-state index in [4.69, 9.17) is 5.73 Å². The molecule has 6 heteroatoms. The van der Waals surface area contributed by atoms with Gasteiger partial charge in [0.2, 0.25) is 0 Å². The molecular weight excluding hydrogens is 549 g/mol. The predicted octanol–water partition coefficient (Wildman–Crippen LogP) is 3.37. The van der Waals surface area contributed by atoms with Crippen molar-refractivity contribution >= 4 is 17.1 Å². The zero-order valence-electron chi connectivity index (χ0n) is 16.0. The summed E-state index contributed by atoms with van der Waals surface area (Å²) >= 11 is 0. The zero-order valence-corrected chi connectivity index (χ0v) is 24.6. The summed E-state index contributed by atoms with van der Waals surface area (Å²) in [6.45, 7) is 10.6. The first-order valence-corrected chi connectivity index (χ1v) is 8.38. The number of piperazine rings is 1. The van der Waals surface area contributed by atoms with Crippen LogP contribution < -0.4 is 15.5 Å². The number of nitrogens with zero attached hydrogens (tertiary/aromatic N) is 2. The van der Waals surface area contributed by atoms with Crippen molar-refractivity contribution in [2.45, 2.75) is 27.2 Å². The van der Waals surface area contributed by atoms with E-state index in [1.54, 1.807) is 0 Å². The molecule has 26 heavy (non-hydrogen) atoms. The van der Waals surface area contributed by atoms with Crippen molar-refractivity contribution in [3.8, 4) is 0 Å². The van der Waals surface area contributed by atoms with Gasteiger partial charge in [0.05, 0.1) is 0 Å². The number of nitrogens with two attached hydrogens (primary N) is 1.